The topological polar surface area (TPSA) is 49.3 Å². The van der Waals surface area contributed by atoms with E-state index in [1.165, 1.54) is 0 Å². The number of carbonyl (C=O) groups is 1. The van der Waals surface area contributed by atoms with E-state index in [4.69, 9.17) is 5.11 Å². The molecule has 13 heavy (non-hydrogen) atoms. The summed E-state index contributed by atoms with van der Waals surface area (Å²) in [6, 6.07) is 0. The summed E-state index contributed by atoms with van der Waals surface area (Å²) in [5, 5.41) is 10.8. The zero-order valence-electron chi connectivity index (χ0n) is 7.02. The first-order valence-electron chi connectivity index (χ1n) is 4.35. The molecule has 2 unspecified atom stereocenters. The van der Waals surface area contributed by atoms with E-state index in [2.05, 4.69) is 5.32 Å². The minimum Gasteiger partial charge on any atom is -0.480 e. The van der Waals surface area contributed by atoms with Gasteiger partial charge in [-0.05, 0) is 12.8 Å². The maximum absolute atomic E-state index is 13.1. The Hall–Kier alpha value is -0.710. The number of hydrogen-bond donors (Lipinski definition) is 2. The minimum atomic E-state index is -2.68. The number of alkyl halides is 2. The second kappa shape index (κ2) is 2.41. The summed E-state index contributed by atoms with van der Waals surface area (Å²) in [5.41, 5.74) is -1.18. The van der Waals surface area contributed by atoms with Crippen LogP contribution in [0.15, 0.2) is 0 Å². The third-order valence-electron chi connectivity index (χ3n) is 3.16. The van der Waals surface area contributed by atoms with Crippen molar-refractivity contribution in [3.63, 3.8) is 0 Å². The average molecular weight is 191 g/mol. The third kappa shape index (κ3) is 0.995. The Balaban J connectivity index is 2.01. The van der Waals surface area contributed by atoms with Gasteiger partial charge in [-0.25, -0.2) is 8.78 Å². The number of halogens is 2. The molecule has 0 aromatic rings. The number of carboxylic acids is 1. The highest BCUT2D eigenvalue weighted by Crippen LogP contribution is 2.67. The fraction of sp³-hybridized carbons (Fsp3) is 0.875. The van der Waals surface area contributed by atoms with Gasteiger partial charge in [-0.1, -0.05) is 6.42 Å². The lowest BCUT2D eigenvalue weighted by atomic mass is 10.2. The molecule has 0 spiro atoms. The van der Waals surface area contributed by atoms with E-state index in [1.54, 1.807) is 0 Å². The van der Waals surface area contributed by atoms with Crippen LogP contribution in [0.1, 0.15) is 19.3 Å². The normalized spacial score (nSPS) is 40.0. The Labute approximate surface area is 74.1 Å². The van der Waals surface area contributed by atoms with Gasteiger partial charge >= 0.3 is 5.97 Å². The molecule has 0 radical (unpaired) electrons. The van der Waals surface area contributed by atoms with Crippen molar-refractivity contribution in [1.82, 2.24) is 5.32 Å². The van der Waals surface area contributed by atoms with E-state index in [-0.39, 0.29) is 6.54 Å². The van der Waals surface area contributed by atoms with Gasteiger partial charge in [0.05, 0.1) is 12.1 Å². The highest BCUT2D eigenvalue weighted by Gasteiger charge is 2.81. The predicted octanol–water partition coefficient (Wildman–Crippen LogP) is 0.848. The molecule has 0 aliphatic heterocycles. The van der Waals surface area contributed by atoms with Crippen LogP contribution in [0.4, 0.5) is 8.78 Å². The van der Waals surface area contributed by atoms with Crippen molar-refractivity contribution < 1.29 is 18.7 Å². The molecular formula is C8H11F2NO2. The van der Waals surface area contributed by atoms with E-state index in [1.807, 2.05) is 0 Å². The van der Waals surface area contributed by atoms with Crippen molar-refractivity contribution in [2.45, 2.75) is 30.7 Å². The van der Waals surface area contributed by atoms with Gasteiger partial charge in [0.2, 0.25) is 0 Å². The van der Waals surface area contributed by atoms with Gasteiger partial charge in [-0.3, -0.25) is 10.1 Å². The molecule has 2 N–H and O–H groups in total. The first-order valence-corrected chi connectivity index (χ1v) is 4.35. The van der Waals surface area contributed by atoms with Gasteiger partial charge in [0.25, 0.3) is 5.92 Å². The van der Waals surface area contributed by atoms with Crippen LogP contribution in [0, 0.1) is 5.92 Å². The van der Waals surface area contributed by atoms with Crippen molar-refractivity contribution >= 4 is 5.97 Å². The second-order valence-electron chi connectivity index (χ2n) is 3.79. The zero-order valence-corrected chi connectivity index (χ0v) is 7.02. The molecule has 0 aromatic carbocycles. The summed E-state index contributed by atoms with van der Waals surface area (Å²) >= 11 is 0. The molecule has 2 atom stereocenters. The van der Waals surface area contributed by atoms with E-state index >= 15 is 0 Å². The summed E-state index contributed by atoms with van der Waals surface area (Å²) in [6.07, 6.45) is 1.68. The average Bonchev–Trinajstić information content (AvgIpc) is 2.47. The quantitative estimate of drug-likeness (QED) is 0.695. The summed E-state index contributed by atoms with van der Waals surface area (Å²) in [4.78, 5) is 10.2. The van der Waals surface area contributed by atoms with E-state index in [0.717, 1.165) is 6.42 Å². The first-order chi connectivity index (χ1) is 6.01. The van der Waals surface area contributed by atoms with Crippen molar-refractivity contribution in [2.75, 3.05) is 6.54 Å². The molecule has 74 valence electrons. The van der Waals surface area contributed by atoms with Crippen LogP contribution in [0.25, 0.3) is 0 Å². The Morgan fingerprint density at radius 2 is 2.31 bits per heavy atom. The number of aliphatic carboxylic acids is 1. The fourth-order valence-electron chi connectivity index (χ4n) is 2.45. The van der Waals surface area contributed by atoms with E-state index < -0.39 is 23.3 Å². The predicted molar refractivity (Wildman–Crippen MR) is 40.7 cm³/mol. The second-order valence-corrected chi connectivity index (χ2v) is 3.79. The molecule has 0 saturated heterocycles. The molecule has 5 heteroatoms. The lowest BCUT2D eigenvalue weighted by molar-refractivity contribution is -0.136. The molecule has 2 rings (SSSR count). The van der Waals surface area contributed by atoms with Crippen molar-refractivity contribution in [2.24, 2.45) is 5.92 Å². The maximum atomic E-state index is 13.1. The van der Waals surface area contributed by atoms with Gasteiger partial charge in [-0.15, -0.1) is 0 Å². The molecule has 2 aliphatic carbocycles. The van der Waals surface area contributed by atoms with Crippen molar-refractivity contribution in [1.29, 1.82) is 0 Å². The molecule has 3 nitrogen and oxygen atoms in total. The molecule has 0 amide bonds. The van der Waals surface area contributed by atoms with Crippen LogP contribution < -0.4 is 5.32 Å². The molecule has 0 aromatic heterocycles. The van der Waals surface area contributed by atoms with Gasteiger partial charge in [0, 0.05) is 5.92 Å². The van der Waals surface area contributed by atoms with Crippen molar-refractivity contribution in [3.05, 3.63) is 0 Å². The molecular weight excluding hydrogens is 180 g/mol. The largest absolute Gasteiger partial charge is 0.480 e. The summed E-state index contributed by atoms with van der Waals surface area (Å²) in [5.74, 6) is -4.39. The standard InChI is InChI=1S/C8H11F2NO2/c9-8(10)5-2-1-3-7(5,8)11-4-6(12)13/h5,11H,1-4H2,(H,12,13). The lowest BCUT2D eigenvalue weighted by Gasteiger charge is -2.14. The summed E-state index contributed by atoms with van der Waals surface area (Å²) in [6.45, 7) is -0.369. The Kier molecular flexibility index (Phi) is 1.64. The highest BCUT2D eigenvalue weighted by atomic mass is 19.3. The van der Waals surface area contributed by atoms with E-state index in [0.29, 0.717) is 12.8 Å². The van der Waals surface area contributed by atoms with Gasteiger partial charge < -0.3 is 5.11 Å². The summed E-state index contributed by atoms with van der Waals surface area (Å²) in [7, 11) is 0. The van der Waals surface area contributed by atoms with Gasteiger partial charge in [-0.2, -0.15) is 0 Å². The van der Waals surface area contributed by atoms with Crippen LogP contribution in [-0.4, -0.2) is 29.1 Å². The molecule has 2 aliphatic rings. The minimum absolute atomic E-state index is 0.369. The number of hydrogen-bond acceptors (Lipinski definition) is 2. The Morgan fingerprint density at radius 1 is 1.62 bits per heavy atom. The number of carboxylic acid groups (broad SMARTS) is 1. The van der Waals surface area contributed by atoms with Gasteiger partial charge in [0.15, 0.2) is 0 Å². The third-order valence-corrected chi connectivity index (χ3v) is 3.16. The van der Waals surface area contributed by atoms with Crippen LogP contribution >= 0.6 is 0 Å². The molecule has 2 fully saturated rings. The smallest absolute Gasteiger partial charge is 0.317 e. The SMILES string of the molecule is O=C(O)CNC12CCCC1C2(F)F. The number of fused-ring (bicyclic) bond motifs is 1. The van der Waals surface area contributed by atoms with Crippen LogP contribution in [0.3, 0.4) is 0 Å². The molecule has 2 saturated carbocycles. The monoisotopic (exact) mass is 191 g/mol. The highest BCUT2D eigenvalue weighted by molar-refractivity contribution is 5.69. The number of rotatable bonds is 3. The zero-order chi connectivity index (χ0) is 9.69. The fourth-order valence-corrected chi connectivity index (χ4v) is 2.45. The maximum Gasteiger partial charge on any atom is 0.317 e. The Bertz CT molecular complexity index is 257. The summed E-state index contributed by atoms with van der Waals surface area (Å²) < 4.78 is 26.2. The lowest BCUT2D eigenvalue weighted by Crippen LogP contribution is -2.39. The Morgan fingerprint density at radius 3 is 2.77 bits per heavy atom. The number of nitrogens with one attached hydrogen (secondary N) is 1. The molecule has 0 bridgehead atoms. The van der Waals surface area contributed by atoms with Crippen LogP contribution in [0.2, 0.25) is 0 Å². The van der Waals surface area contributed by atoms with Crippen LogP contribution in [0.5, 0.6) is 0 Å². The van der Waals surface area contributed by atoms with E-state index in [9.17, 15) is 13.6 Å². The first kappa shape index (κ1) is 8.87. The van der Waals surface area contributed by atoms with Crippen molar-refractivity contribution in [3.8, 4) is 0 Å². The van der Waals surface area contributed by atoms with Gasteiger partial charge in [0.1, 0.15) is 0 Å². The van der Waals surface area contributed by atoms with Crippen LogP contribution in [-0.2, 0) is 4.79 Å². The molecule has 0 heterocycles.